The molecule has 94 valence electrons. The second-order valence-corrected chi connectivity index (χ2v) is 4.32. The standard InChI is InChI=1S/C15H11FN2O/c16-13-8-12(5-6-14(13)17)18-9-11-4-2-1-3-10(11)7-15(18)19/h1-9H,17H2. The van der Waals surface area contributed by atoms with E-state index >= 15 is 0 Å². The molecule has 19 heavy (non-hydrogen) atoms. The van der Waals surface area contributed by atoms with Gasteiger partial charge in [-0.3, -0.25) is 9.36 Å². The fraction of sp³-hybridized carbons (Fsp3) is 0. The summed E-state index contributed by atoms with van der Waals surface area (Å²) in [6, 6.07) is 13.4. The van der Waals surface area contributed by atoms with E-state index in [1.54, 1.807) is 12.3 Å². The zero-order valence-electron chi connectivity index (χ0n) is 10.0. The highest BCUT2D eigenvalue weighted by Crippen LogP contribution is 2.17. The fourth-order valence-corrected chi connectivity index (χ4v) is 2.03. The molecule has 0 bridgehead atoms. The van der Waals surface area contributed by atoms with Crippen molar-refractivity contribution in [2.45, 2.75) is 0 Å². The highest BCUT2D eigenvalue weighted by Gasteiger charge is 2.05. The van der Waals surface area contributed by atoms with E-state index in [1.165, 1.54) is 22.8 Å². The SMILES string of the molecule is Nc1ccc(-n2cc3ccccc3cc2=O)cc1F. The first-order chi connectivity index (χ1) is 9.15. The quantitative estimate of drug-likeness (QED) is 0.679. The molecule has 0 aliphatic rings. The first-order valence-electron chi connectivity index (χ1n) is 5.82. The largest absolute Gasteiger partial charge is 0.396 e. The average Bonchev–Trinajstić information content (AvgIpc) is 2.41. The van der Waals surface area contributed by atoms with Crippen LogP contribution in [0.15, 0.2) is 59.5 Å². The van der Waals surface area contributed by atoms with Gasteiger partial charge in [0.2, 0.25) is 0 Å². The van der Waals surface area contributed by atoms with E-state index in [0.29, 0.717) is 5.69 Å². The van der Waals surface area contributed by atoms with Gasteiger partial charge in [0.25, 0.3) is 5.56 Å². The van der Waals surface area contributed by atoms with Crippen LogP contribution in [0.1, 0.15) is 0 Å². The van der Waals surface area contributed by atoms with Gasteiger partial charge in [0.15, 0.2) is 0 Å². The molecular formula is C15H11FN2O. The Kier molecular flexibility index (Phi) is 2.56. The topological polar surface area (TPSA) is 48.0 Å². The van der Waals surface area contributed by atoms with Gasteiger partial charge >= 0.3 is 0 Å². The summed E-state index contributed by atoms with van der Waals surface area (Å²) in [6.45, 7) is 0. The van der Waals surface area contributed by atoms with Crippen molar-refractivity contribution < 1.29 is 4.39 Å². The van der Waals surface area contributed by atoms with Crippen LogP contribution >= 0.6 is 0 Å². The highest BCUT2D eigenvalue weighted by atomic mass is 19.1. The highest BCUT2D eigenvalue weighted by molar-refractivity contribution is 5.81. The minimum Gasteiger partial charge on any atom is -0.396 e. The number of benzene rings is 2. The lowest BCUT2D eigenvalue weighted by Gasteiger charge is -2.08. The molecule has 1 aromatic heterocycles. The maximum Gasteiger partial charge on any atom is 0.255 e. The van der Waals surface area contributed by atoms with E-state index < -0.39 is 5.82 Å². The number of nitrogen functional groups attached to an aromatic ring is 1. The summed E-state index contributed by atoms with van der Waals surface area (Å²) < 4.78 is 14.9. The number of aromatic nitrogens is 1. The van der Waals surface area contributed by atoms with Crippen LogP contribution in [0, 0.1) is 5.82 Å². The van der Waals surface area contributed by atoms with Crippen LogP contribution in [-0.4, -0.2) is 4.57 Å². The Morgan fingerprint density at radius 1 is 1.00 bits per heavy atom. The number of fused-ring (bicyclic) bond motifs is 1. The van der Waals surface area contributed by atoms with Gasteiger partial charge in [-0.05, 0) is 22.9 Å². The van der Waals surface area contributed by atoms with Gasteiger partial charge in [0.05, 0.1) is 11.4 Å². The Labute approximate surface area is 108 Å². The molecule has 0 fully saturated rings. The normalized spacial score (nSPS) is 10.8. The smallest absolute Gasteiger partial charge is 0.255 e. The Morgan fingerprint density at radius 3 is 2.47 bits per heavy atom. The summed E-state index contributed by atoms with van der Waals surface area (Å²) in [5.41, 5.74) is 5.76. The molecule has 4 heteroatoms. The monoisotopic (exact) mass is 254 g/mol. The van der Waals surface area contributed by atoms with Gasteiger partial charge in [0, 0.05) is 18.3 Å². The third kappa shape index (κ3) is 1.97. The molecule has 0 radical (unpaired) electrons. The molecule has 0 saturated carbocycles. The summed E-state index contributed by atoms with van der Waals surface area (Å²) in [6.07, 6.45) is 1.70. The van der Waals surface area contributed by atoms with Gasteiger partial charge < -0.3 is 5.73 Å². The Bertz CT molecular complexity index is 824. The second-order valence-electron chi connectivity index (χ2n) is 4.32. The van der Waals surface area contributed by atoms with Gasteiger partial charge in [-0.2, -0.15) is 0 Å². The summed E-state index contributed by atoms with van der Waals surface area (Å²) in [4.78, 5) is 12.0. The van der Waals surface area contributed by atoms with Crippen molar-refractivity contribution in [1.29, 1.82) is 0 Å². The number of hydrogen-bond acceptors (Lipinski definition) is 2. The molecule has 0 spiro atoms. The Hall–Kier alpha value is -2.62. The van der Waals surface area contributed by atoms with Crippen LogP contribution in [0.5, 0.6) is 0 Å². The molecule has 1 heterocycles. The number of halogens is 1. The Morgan fingerprint density at radius 2 is 1.74 bits per heavy atom. The molecule has 0 aliphatic heterocycles. The maximum absolute atomic E-state index is 13.5. The molecule has 0 saturated heterocycles. The number of nitrogens with zero attached hydrogens (tertiary/aromatic N) is 1. The lowest BCUT2D eigenvalue weighted by atomic mass is 10.2. The summed E-state index contributed by atoms with van der Waals surface area (Å²) in [7, 11) is 0. The average molecular weight is 254 g/mol. The second kappa shape index (κ2) is 4.24. The number of anilines is 1. The van der Waals surface area contributed by atoms with Crippen molar-refractivity contribution >= 4 is 16.5 Å². The summed E-state index contributed by atoms with van der Waals surface area (Å²) >= 11 is 0. The van der Waals surface area contributed by atoms with Crippen molar-refractivity contribution in [3.8, 4) is 5.69 Å². The Balaban J connectivity index is 2.27. The van der Waals surface area contributed by atoms with Crippen molar-refractivity contribution in [2.75, 3.05) is 5.73 Å². The molecule has 3 rings (SSSR count). The van der Waals surface area contributed by atoms with Crippen LogP contribution in [0.2, 0.25) is 0 Å². The van der Waals surface area contributed by atoms with Crippen LogP contribution in [0.4, 0.5) is 10.1 Å². The van der Waals surface area contributed by atoms with Crippen LogP contribution in [-0.2, 0) is 0 Å². The van der Waals surface area contributed by atoms with Crippen molar-refractivity contribution in [3.05, 3.63) is 70.9 Å². The van der Waals surface area contributed by atoms with E-state index in [-0.39, 0.29) is 11.2 Å². The maximum atomic E-state index is 13.5. The molecule has 2 N–H and O–H groups in total. The van der Waals surface area contributed by atoms with E-state index in [0.717, 1.165) is 10.8 Å². The minimum atomic E-state index is -0.530. The predicted octanol–water partition coefficient (Wildman–Crippen LogP) is 2.71. The predicted molar refractivity (Wildman–Crippen MR) is 73.9 cm³/mol. The van der Waals surface area contributed by atoms with Gasteiger partial charge in [-0.15, -0.1) is 0 Å². The van der Waals surface area contributed by atoms with E-state index in [1.807, 2.05) is 24.3 Å². The summed E-state index contributed by atoms with van der Waals surface area (Å²) in [5, 5.41) is 1.78. The first-order valence-corrected chi connectivity index (χ1v) is 5.82. The van der Waals surface area contributed by atoms with Crippen LogP contribution < -0.4 is 11.3 Å². The lowest BCUT2D eigenvalue weighted by molar-refractivity contribution is 0.631. The molecule has 0 atom stereocenters. The summed E-state index contributed by atoms with van der Waals surface area (Å²) in [5.74, 6) is -0.530. The van der Waals surface area contributed by atoms with Gasteiger partial charge in [-0.1, -0.05) is 24.3 Å². The third-order valence-electron chi connectivity index (χ3n) is 3.04. The molecule has 3 aromatic rings. The number of pyridine rings is 1. The van der Waals surface area contributed by atoms with Gasteiger partial charge in [0.1, 0.15) is 5.82 Å². The molecule has 0 amide bonds. The lowest BCUT2D eigenvalue weighted by Crippen LogP contribution is -2.16. The minimum absolute atomic E-state index is 0.0672. The fourth-order valence-electron chi connectivity index (χ4n) is 2.03. The van der Waals surface area contributed by atoms with Crippen LogP contribution in [0.3, 0.4) is 0 Å². The molecular weight excluding hydrogens is 243 g/mol. The number of rotatable bonds is 1. The molecule has 0 unspecified atom stereocenters. The van der Waals surface area contributed by atoms with E-state index in [2.05, 4.69) is 0 Å². The van der Waals surface area contributed by atoms with Gasteiger partial charge in [-0.25, -0.2) is 4.39 Å². The zero-order chi connectivity index (χ0) is 13.4. The molecule has 0 aliphatic carbocycles. The van der Waals surface area contributed by atoms with E-state index in [4.69, 9.17) is 5.73 Å². The first kappa shape index (κ1) is 11.5. The molecule has 2 aromatic carbocycles. The van der Waals surface area contributed by atoms with E-state index in [9.17, 15) is 9.18 Å². The number of hydrogen-bond donors (Lipinski definition) is 1. The van der Waals surface area contributed by atoms with Crippen LogP contribution in [0.25, 0.3) is 16.5 Å². The van der Waals surface area contributed by atoms with Crippen molar-refractivity contribution in [1.82, 2.24) is 4.57 Å². The molecule has 3 nitrogen and oxygen atoms in total. The van der Waals surface area contributed by atoms with Crippen molar-refractivity contribution in [2.24, 2.45) is 0 Å². The van der Waals surface area contributed by atoms with Crippen molar-refractivity contribution in [3.63, 3.8) is 0 Å². The number of nitrogens with two attached hydrogens (primary N) is 1. The third-order valence-corrected chi connectivity index (χ3v) is 3.04. The zero-order valence-corrected chi connectivity index (χ0v) is 10.0.